The summed E-state index contributed by atoms with van der Waals surface area (Å²) in [6.07, 6.45) is 0.783. The van der Waals surface area contributed by atoms with Crippen LogP contribution in [0, 0.1) is 5.41 Å². The van der Waals surface area contributed by atoms with Crippen LogP contribution in [0.15, 0.2) is 0 Å². The molecular formula is C8H14O2. The maximum absolute atomic E-state index is 11.0. The molecule has 1 atom stereocenters. The van der Waals surface area contributed by atoms with E-state index in [4.69, 9.17) is 4.74 Å². The maximum Gasteiger partial charge on any atom is 0.143 e. The van der Waals surface area contributed by atoms with Gasteiger partial charge in [0.1, 0.15) is 5.78 Å². The van der Waals surface area contributed by atoms with Gasteiger partial charge in [0, 0.05) is 13.0 Å². The lowest BCUT2D eigenvalue weighted by Gasteiger charge is -2.41. The fraction of sp³-hybridized carbons (Fsp3) is 0.875. The van der Waals surface area contributed by atoms with Gasteiger partial charge in [-0.15, -0.1) is 0 Å². The Kier molecular flexibility index (Phi) is 1.82. The first-order chi connectivity index (χ1) is 4.59. The van der Waals surface area contributed by atoms with Crippen LogP contribution in [0.4, 0.5) is 0 Å². The number of ketones is 1. The summed E-state index contributed by atoms with van der Waals surface area (Å²) in [6, 6.07) is 0. The highest BCUT2D eigenvalue weighted by Crippen LogP contribution is 2.38. The van der Waals surface area contributed by atoms with Crippen molar-refractivity contribution in [3.05, 3.63) is 0 Å². The highest BCUT2D eigenvalue weighted by Gasteiger charge is 2.47. The Bertz CT molecular complexity index is 149. The molecule has 0 aromatic carbocycles. The minimum Gasteiger partial charge on any atom is -0.377 e. The monoisotopic (exact) mass is 142 g/mol. The second-order valence-corrected chi connectivity index (χ2v) is 3.29. The van der Waals surface area contributed by atoms with Crippen molar-refractivity contribution in [2.24, 2.45) is 5.41 Å². The Morgan fingerprint density at radius 3 is 2.60 bits per heavy atom. The second kappa shape index (κ2) is 2.35. The average molecular weight is 142 g/mol. The molecule has 0 radical (unpaired) electrons. The van der Waals surface area contributed by atoms with Gasteiger partial charge in [0.2, 0.25) is 0 Å². The lowest BCUT2D eigenvalue weighted by atomic mass is 9.68. The molecule has 0 bridgehead atoms. The molecular weight excluding hydrogens is 128 g/mol. The number of ether oxygens (including phenoxy) is 1. The summed E-state index contributed by atoms with van der Waals surface area (Å²) >= 11 is 0. The molecule has 0 N–H and O–H groups in total. The zero-order valence-electron chi connectivity index (χ0n) is 6.81. The fourth-order valence-corrected chi connectivity index (χ4v) is 1.20. The number of rotatable bonds is 2. The molecule has 1 rings (SSSR count). The number of Topliss-reactive ketones (excluding diaryl/α,β-unsaturated/α-hetero) is 1. The van der Waals surface area contributed by atoms with Crippen molar-refractivity contribution in [3.8, 4) is 0 Å². The van der Waals surface area contributed by atoms with Crippen molar-refractivity contribution in [1.82, 2.24) is 0 Å². The highest BCUT2D eigenvalue weighted by molar-refractivity contribution is 5.91. The van der Waals surface area contributed by atoms with Gasteiger partial charge >= 0.3 is 0 Å². The van der Waals surface area contributed by atoms with Crippen LogP contribution in [-0.2, 0) is 9.53 Å². The van der Waals surface area contributed by atoms with E-state index in [1.165, 1.54) is 0 Å². The highest BCUT2D eigenvalue weighted by atomic mass is 16.5. The van der Waals surface area contributed by atoms with Crippen LogP contribution in [0.25, 0.3) is 0 Å². The maximum atomic E-state index is 11.0. The molecule has 0 aliphatic heterocycles. The van der Waals surface area contributed by atoms with Gasteiger partial charge in [-0.1, -0.05) is 13.8 Å². The predicted octanol–water partition coefficient (Wildman–Crippen LogP) is 1.39. The molecule has 2 nitrogen and oxygen atoms in total. The number of hydrogen-bond donors (Lipinski definition) is 0. The Morgan fingerprint density at radius 1 is 1.70 bits per heavy atom. The van der Waals surface area contributed by atoms with E-state index in [0.29, 0.717) is 18.8 Å². The van der Waals surface area contributed by atoms with E-state index in [0.717, 1.165) is 0 Å². The van der Waals surface area contributed by atoms with Gasteiger partial charge in [0.15, 0.2) is 0 Å². The first kappa shape index (κ1) is 7.73. The molecule has 0 spiro atoms. The molecule has 10 heavy (non-hydrogen) atoms. The van der Waals surface area contributed by atoms with E-state index >= 15 is 0 Å². The third-order valence-corrected chi connectivity index (χ3v) is 2.26. The molecule has 0 saturated heterocycles. The van der Waals surface area contributed by atoms with Gasteiger partial charge in [0.05, 0.1) is 11.5 Å². The van der Waals surface area contributed by atoms with Gasteiger partial charge in [-0.25, -0.2) is 0 Å². The first-order valence-corrected chi connectivity index (χ1v) is 3.74. The van der Waals surface area contributed by atoms with E-state index in [1.807, 2.05) is 20.8 Å². The third-order valence-electron chi connectivity index (χ3n) is 2.26. The Balaban J connectivity index is 2.46. The van der Waals surface area contributed by atoms with Crippen LogP contribution in [0.1, 0.15) is 27.2 Å². The fourth-order valence-electron chi connectivity index (χ4n) is 1.20. The van der Waals surface area contributed by atoms with Crippen LogP contribution in [0.3, 0.4) is 0 Å². The molecule has 1 fully saturated rings. The number of carbonyl (C=O) groups is 1. The lowest BCUT2D eigenvalue weighted by Crippen LogP contribution is -2.51. The Labute approximate surface area is 61.6 Å². The molecule has 0 aromatic heterocycles. The van der Waals surface area contributed by atoms with Crippen molar-refractivity contribution in [3.63, 3.8) is 0 Å². The summed E-state index contributed by atoms with van der Waals surface area (Å²) in [7, 11) is 0. The van der Waals surface area contributed by atoms with Crippen molar-refractivity contribution >= 4 is 5.78 Å². The van der Waals surface area contributed by atoms with Gasteiger partial charge < -0.3 is 4.74 Å². The minimum absolute atomic E-state index is 0.171. The minimum atomic E-state index is -0.212. The van der Waals surface area contributed by atoms with Crippen LogP contribution in [0.5, 0.6) is 0 Å². The standard InChI is InChI=1S/C8H14O2/c1-4-10-7-5-6(9)8(7,2)3/h7H,4-5H2,1-3H3/t7-/m1/s1. The van der Waals surface area contributed by atoms with E-state index in [1.54, 1.807) is 0 Å². The van der Waals surface area contributed by atoms with Crippen molar-refractivity contribution < 1.29 is 9.53 Å². The SMILES string of the molecule is CCO[C@@H]1CC(=O)C1(C)C. The van der Waals surface area contributed by atoms with Crippen LogP contribution < -0.4 is 0 Å². The summed E-state index contributed by atoms with van der Waals surface area (Å²) in [6.45, 7) is 6.55. The molecule has 2 heteroatoms. The zero-order valence-corrected chi connectivity index (χ0v) is 6.81. The number of carbonyl (C=O) groups excluding carboxylic acids is 1. The topological polar surface area (TPSA) is 26.3 Å². The molecule has 0 unspecified atom stereocenters. The molecule has 1 saturated carbocycles. The third kappa shape index (κ3) is 0.966. The predicted molar refractivity (Wildman–Crippen MR) is 38.8 cm³/mol. The Hall–Kier alpha value is -0.370. The summed E-state index contributed by atoms with van der Waals surface area (Å²) in [5.74, 6) is 0.325. The molecule has 1 aliphatic rings. The van der Waals surface area contributed by atoms with Crippen molar-refractivity contribution in [2.45, 2.75) is 33.3 Å². The Morgan fingerprint density at radius 2 is 2.30 bits per heavy atom. The normalized spacial score (nSPS) is 29.9. The number of hydrogen-bond acceptors (Lipinski definition) is 2. The van der Waals surface area contributed by atoms with Gasteiger partial charge in [-0.05, 0) is 6.92 Å². The van der Waals surface area contributed by atoms with Crippen LogP contribution >= 0.6 is 0 Å². The van der Waals surface area contributed by atoms with Crippen LogP contribution in [-0.4, -0.2) is 18.5 Å². The van der Waals surface area contributed by atoms with Crippen molar-refractivity contribution in [1.29, 1.82) is 0 Å². The molecule has 58 valence electrons. The second-order valence-electron chi connectivity index (χ2n) is 3.29. The van der Waals surface area contributed by atoms with E-state index < -0.39 is 0 Å². The summed E-state index contributed by atoms with van der Waals surface area (Å²) in [5, 5.41) is 0. The van der Waals surface area contributed by atoms with E-state index in [-0.39, 0.29) is 11.5 Å². The van der Waals surface area contributed by atoms with E-state index in [9.17, 15) is 4.79 Å². The summed E-state index contributed by atoms with van der Waals surface area (Å²) in [4.78, 5) is 11.0. The molecule has 0 aromatic rings. The summed E-state index contributed by atoms with van der Waals surface area (Å²) in [5.41, 5.74) is -0.212. The average Bonchev–Trinajstić information content (AvgIpc) is 1.88. The lowest BCUT2D eigenvalue weighted by molar-refractivity contribution is -0.157. The summed E-state index contributed by atoms with van der Waals surface area (Å²) < 4.78 is 5.34. The van der Waals surface area contributed by atoms with E-state index in [2.05, 4.69) is 0 Å². The van der Waals surface area contributed by atoms with Crippen molar-refractivity contribution in [2.75, 3.05) is 6.61 Å². The molecule has 0 amide bonds. The largest absolute Gasteiger partial charge is 0.377 e. The quantitative estimate of drug-likeness (QED) is 0.582. The van der Waals surface area contributed by atoms with Gasteiger partial charge in [-0.3, -0.25) is 4.79 Å². The molecule has 0 heterocycles. The molecule has 1 aliphatic carbocycles. The zero-order chi connectivity index (χ0) is 7.78. The van der Waals surface area contributed by atoms with Gasteiger partial charge in [-0.2, -0.15) is 0 Å². The first-order valence-electron chi connectivity index (χ1n) is 3.74. The van der Waals surface area contributed by atoms with Gasteiger partial charge in [0.25, 0.3) is 0 Å². The smallest absolute Gasteiger partial charge is 0.143 e. The van der Waals surface area contributed by atoms with Crippen LogP contribution in [0.2, 0.25) is 0 Å².